The number of ether oxygens (including phenoxy) is 2. The first-order chi connectivity index (χ1) is 18.7. The zero-order chi connectivity index (χ0) is 28.1. The van der Waals surface area contributed by atoms with E-state index in [1.165, 1.54) is 30.3 Å². The van der Waals surface area contributed by atoms with Crippen LogP contribution >= 0.6 is 0 Å². The van der Waals surface area contributed by atoms with E-state index < -0.39 is 17.8 Å². The van der Waals surface area contributed by atoms with Gasteiger partial charge in [0.05, 0.1) is 12.3 Å². The summed E-state index contributed by atoms with van der Waals surface area (Å²) < 4.78 is 11.4. The lowest BCUT2D eigenvalue weighted by atomic mass is 10.1. The summed E-state index contributed by atoms with van der Waals surface area (Å²) >= 11 is 0. The number of aryl methyl sites for hydroxylation is 2. The molecular weight excluding hydrogens is 502 g/mol. The largest absolute Gasteiger partial charge is 0.508 e. The van der Waals surface area contributed by atoms with E-state index in [9.17, 15) is 24.3 Å². The Morgan fingerprint density at radius 2 is 1.72 bits per heavy atom. The van der Waals surface area contributed by atoms with Crippen molar-refractivity contribution in [2.24, 2.45) is 0 Å². The highest BCUT2D eigenvalue weighted by Crippen LogP contribution is 2.30. The Balaban J connectivity index is 1.53. The molecule has 1 fully saturated rings. The third kappa shape index (κ3) is 6.24. The predicted octanol–water partition coefficient (Wildman–Crippen LogP) is 4.09. The van der Waals surface area contributed by atoms with Crippen molar-refractivity contribution in [2.75, 3.05) is 23.4 Å². The Morgan fingerprint density at radius 3 is 2.41 bits per heavy atom. The molecule has 1 heterocycles. The molecule has 0 radical (unpaired) electrons. The maximum atomic E-state index is 13.1. The summed E-state index contributed by atoms with van der Waals surface area (Å²) in [5.41, 5.74) is 3.06. The number of carbonyl (C=O) groups is 4. The van der Waals surface area contributed by atoms with Gasteiger partial charge < -0.3 is 19.9 Å². The van der Waals surface area contributed by atoms with Gasteiger partial charge in [0.2, 0.25) is 0 Å². The number of urea groups is 1. The molecule has 3 N–H and O–H groups in total. The number of hydrogen-bond donors (Lipinski definition) is 3. The topological polar surface area (TPSA) is 134 Å². The summed E-state index contributed by atoms with van der Waals surface area (Å²) in [6, 6.07) is 14.9. The third-order valence-electron chi connectivity index (χ3n) is 5.80. The van der Waals surface area contributed by atoms with Crippen molar-refractivity contribution < 1.29 is 33.8 Å². The number of nitrogens with zero attached hydrogens (tertiary/aromatic N) is 1. The molecular formula is C29H27N3O7. The van der Waals surface area contributed by atoms with Gasteiger partial charge in [-0.05, 0) is 80.4 Å². The van der Waals surface area contributed by atoms with Gasteiger partial charge >= 0.3 is 6.03 Å². The number of aromatic hydroxyl groups is 1. The first-order valence-electron chi connectivity index (χ1n) is 12.1. The Morgan fingerprint density at radius 1 is 0.974 bits per heavy atom. The highest BCUT2D eigenvalue weighted by molar-refractivity contribution is 6.39. The summed E-state index contributed by atoms with van der Waals surface area (Å²) in [7, 11) is 0. The molecule has 0 unspecified atom stereocenters. The van der Waals surface area contributed by atoms with Crippen molar-refractivity contribution in [2.45, 2.75) is 20.8 Å². The maximum absolute atomic E-state index is 13.1. The molecule has 0 aliphatic carbocycles. The van der Waals surface area contributed by atoms with Crippen LogP contribution in [0.5, 0.6) is 17.2 Å². The fraction of sp³-hybridized carbons (Fsp3) is 0.172. The molecule has 39 heavy (non-hydrogen) atoms. The number of phenols is 1. The molecule has 0 spiro atoms. The predicted molar refractivity (Wildman–Crippen MR) is 145 cm³/mol. The van der Waals surface area contributed by atoms with Crippen LogP contribution in [-0.2, 0) is 14.4 Å². The number of phenolic OH excluding ortho intramolecular Hbond substituents is 1. The summed E-state index contributed by atoms with van der Waals surface area (Å²) in [5, 5.41) is 14.5. The van der Waals surface area contributed by atoms with Crippen molar-refractivity contribution in [1.29, 1.82) is 0 Å². The number of rotatable bonds is 8. The van der Waals surface area contributed by atoms with E-state index in [1.807, 2.05) is 32.0 Å². The Hall–Kier alpha value is -5.12. The van der Waals surface area contributed by atoms with Crippen LogP contribution < -0.4 is 25.0 Å². The summed E-state index contributed by atoms with van der Waals surface area (Å²) in [5.74, 6) is -1.45. The second kappa shape index (κ2) is 11.5. The lowest BCUT2D eigenvalue weighted by molar-refractivity contribution is -0.122. The summed E-state index contributed by atoms with van der Waals surface area (Å²) in [6.07, 6.45) is 1.33. The highest BCUT2D eigenvalue weighted by atomic mass is 16.5. The molecule has 10 nitrogen and oxygen atoms in total. The van der Waals surface area contributed by atoms with Crippen LogP contribution in [0.4, 0.5) is 16.2 Å². The molecule has 0 saturated carbocycles. The van der Waals surface area contributed by atoms with Crippen LogP contribution in [0.15, 0.2) is 66.2 Å². The van der Waals surface area contributed by atoms with Gasteiger partial charge in [0.25, 0.3) is 17.7 Å². The number of imide groups is 2. The average Bonchev–Trinajstić information content (AvgIpc) is 2.89. The zero-order valence-corrected chi connectivity index (χ0v) is 21.6. The first kappa shape index (κ1) is 26.9. The van der Waals surface area contributed by atoms with E-state index in [0.29, 0.717) is 29.4 Å². The maximum Gasteiger partial charge on any atom is 0.335 e. The van der Waals surface area contributed by atoms with Gasteiger partial charge in [-0.15, -0.1) is 0 Å². The molecule has 3 aromatic carbocycles. The molecule has 0 atom stereocenters. The Bertz CT molecular complexity index is 1480. The molecule has 1 aliphatic rings. The minimum atomic E-state index is -0.897. The Kier molecular flexibility index (Phi) is 7.95. The van der Waals surface area contributed by atoms with Gasteiger partial charge in [-0.3, -0.25) is 19.7 Å². The second-order valence-corrected chi connectivity index (χ2v) is 8.77. The minimum Gasteiger partial charge on any atom is -0.508 e. The van der Waals surface area contributed by atoms with E-state index in [2.05, 4.69) is 10.6 Å². The summed E-state index contributed by atoms with van der Waals surface area (Å²) in [4.78, 5) is 51.3. The van der Waals surface area contributed by atoms with Crippen LogP contribution in [0.2, 0.25) is 0 Å². The highest BCUT2D eigenvalue weighted by Gasteiger charge is 2.36. The normalized spacial score (nSPS) is 14.3. The monoisotopic (exact) mass is 529 g/mol. The van der Waals surface area contributed by atoms with Crippen molar-refractivity contribution in [3.63, 3.8) is 0 Å². The first-order valence-corrected chi connectivity index (χ1v) is 12.1. The van der Waals surface area contributed by atoms with E-state index in [1.54, 1.807) is 25.1 Å². The van der Waals surface area contributed by atoms with E-state index >= 15 is 0 Å². The number of anilines is 2. The molecule has 1 aliphatic heterocycles. The van der Waals surface area contributed by atoms with Crippen LogP contribution in [-0.4, -0.2) is 42.1 Å². The van der Waals surface area contributed by atoms with Crippen molar-refractivity contribution in [1.82, 2.24) is 5.32 Å². The van der Waals surface area contributed by atoms with Gasteiger partial charge in [0, 0.05) is 5.69 Å². The van der Waals surface area contributed by atoms with Crippen molar-refractivity contribution in [3.8, 4) is 17.2 Å². The lowest BCUT2D eigenvalue weighted by Gasteiger charge is -2.26. The number of benzene rings is 3. The molecule has 5 amide bonds. The molecule has 4 rings (SSSR count). The van der Waals surface area contributed by atoms with Crippen LogP contribution in [0.1, 0.15) is 23.6 Å². The number of nitrogens with one attached hydrogen (secondary N) is 2. The minimum absolute atomic E-state index is 0.0380. The third-order valence-corrected chi connectivity index (χ3v) is 5.80. The quantitative estimate of drug-likeness (QED) is 0.296. The fourth-order valence-corrected chi connectivity index (χ4v) is 3.95. The number of amides is 5. The van der Waals surface area contributed by atoms with E-state index in [0.717, 1.165) is 16.0 Å². The van der Waals surface area contributed by atoms with Gasteiger partial charge in [-0.1, -0.05) is 23.8 Å². The zero-order valence-electron chi connectivity index (χ0n) is 21.6. The SMILES string of the molecule is CCOc1cc(/C=C2/C(=O)NC(=O)N(c3ccc(O)cc3)C2=O)ccc1OCC(=O)Nc1ccc(C)cc1C. The van der Waals surface area contributed by atoms with E-state index in [4.69, 9.17) is 9.47 Å². The van der Waals surface area contributed by atoms with Gasteiger partial charge in [-0.2, -0.15) is 0 Å². The standard InChI is InChI=1S/C29H27N3O7/c1-4-38-25-15-19(6-12-24(25)39-16-26(34)30-23-11-5-17(2)13-18(23)3)14-22-27(35)31-29(37)32(28(22)36)20-7-9-21(33)10-8-20/h5-15,33H,4,16H2,1-3H3,(H,30,34)(H,31,35,37)/b22-14-. The molecule has 3 aromatic rings. The molecule has 10 heteroatoms. The smallest absolute Gasteiger partial charge is 0.335 e. The summed E-state index contributed by atoms with van der Waals surface area (Å²) in [6.45, 7) is 5.69. The molecule has 0 bridgehead atoms. The fourth-order valence-electron chi connectivity index (χ4n) is 3.95. The number of hydrogen-bond acceptors (Lipinski definition) is 7. The molecule has 200 valence electrons. The van der Waals surface area contributed by atoms with Gasteiger partial charge in [-0.25, -0.2) is 9.69 Å². The van der Waals surface area contributed by atoms with Crippen molar-refractivity contribution >= 4 is 41.2 Å². The molecule has 1 saturated heterocycles. The molecule has 0 aromatic heterocycles. The number of carbonyl (C=O) groups excluding carboxylic acids is 4. The van der Waals surface area contributed by atoms with Gasteiger partial charge in [0.1, 0.15) is 11.3 Å². The number of barbiturate groups is 1. The lowest BCUT2D eigenvalue weighted by Crippen LogP contribution is -2.54. The second-order valence-electron chi connectivity index (χ2n) is 8.77. The van der Waals surface area contributed by atoms with Crippen LogP contribution in [0.25, 0.3) is 6.08 Å². The van der Waals surface area contributed by atoms with Crippen molar-refractivity contribution in [3.05, 3.63) is 82.9 Å². The van der Waals surface area contributed by atoms with E-state index in [-0.39, 0.29) is 29.5 Å². The van der Waals surface area contributed by atoms with Crippen LogP contribution in [0, 0.1) is 13.8 Å². The Labute approximate surface area is 224 Å². The average molecular weight is 530 g/mol. The van der Waals surface area contributed by atoms with Gasteiger partial charge in [0.15, 0.2) is 18.1 Å². The van der Waals surface area contributed by atoms with Crippen LogP contribution in [0.3, 0.4) is 0 Å².